The molecule has 0 unspecified atom stereocenters. The third-order valence-electron chi connectivity index (χ3n) is 8.26. The van der Waals surface area contributed by atoms with Crippen molar-refractivity contribution in [3.63, 3.8) is 0 Å². The summed E-state index contributed by atoms with van der Waals surface area (Å²) in [5.74, 6) is -1.73. The number of hydrogen-bond donors (Lipinski definition) is 2. The van der Waals surface area contributed by atoms with E-state index in [0.717, 1.165) is 11.1 Å². The first kappa shape index (κ1) is 37.3. The third kappa shape index (κ3) is 8.34. The van der Waals surface area contributed by atoms with E-state index in [0.29, 0.717) is 29.8 Å². The number of alkyl carbamates (subject to hydrolysis) is 1. The molecule has 3 aliphatic rings. The minimum absolute atomic E-state index is 0. The van der Waals surface area contributed by atoms with Crippen LogP contribution in [0.5, 0.6) is 0 Å². The number of nitrogens with two attached hydrogens (primary N) is 1. The van der Waals surface area contributed by atoms with E-state index in [9.17, 15) is 24.0 Å². The van der Waals surface area contributed by atoms with Gasteiger partial charge in [-0.3, -0.25) is 19.3 Å². The second-order valence-corrected chi connectivity index (χ2v) is 14.2. The number of aromatic nitrogens is 1. The molecule has 1 aromatic heterocycles. The van der Waals surface area contributed by atoms with E-state index in [1.807, 2.05) is 60.7 Å². The molecule has 12 nitrogen and oxygen atoms in total. The molecular weight excluding hydrogens is 738 g/mol. The number of thioether (sulfide) groups is 1. The molecule has 6 rings (SSSR count). The van der Waals surface area contributed by atoms with Crippen LogP contribution in [0.15, 0.2) is 108 Å². The van der Waals surface area contributed by atoms with Crippen molar-refractivity contribution in [1.29, 1.82) is 0 Å². The van der Waals surface area contributed by atoms with E-state index in [1.165, 1.54) is 16.7 Å². The number of carbonyl (C=O) groups excluding carboxylic acids is 5. The van der Waals surface area contributed by atoms with Gasteiger partial charge >= 0.3 is 12.1 Å². The van der Waals surface area contributed by atoms with Gasteiger partial charge in [0.25, 0.3) is 17.7 Å². The summed E-state index contributed by atoms with van der Waals surface area (Å²) in [5, 5.41) is 2.06. The Morgan fingerprint density at radius 2 is 1.67 bits per heavy atom. The Morgan fingerprint density at radius 1 is 1.02 bits per heavy atom. The molecule has 4 heterocycles. The Kier molecular flexibility index (Phi) is 11.4. The number of β-lactam (4-membered cyclic amide) rings is 1. The van der Waals surface area contributed by atoms with Crippen molar-refractivity contribution in [2.24, 2.45) is 5.73 Å². The molecule has 266 valence electrons. The van der Waals surface area contributed by atoms with E-state index < -0.39 is 47.0 Å². The molecule has 2 saturated heterocycles. The van der Waals surface area contributed by atoms with Gasteiger partial charge in [0.2, 0.25) is 6.54 Å². The molecule has 0 saturated carbocycles. The van der Waals surface area contributed by atoms with E-state index in [4.69, 9.17) is 15.2 Å². The Hall–Kier alpha value is -4.95. The van der Waals surface area contributed by atoms with Crippen molar-refractivity contribution in [2.45, 2.75) is 56.9 Å². The molecule has 3 aliphatic heterocycles. The van der Waals surface area contributed by atoms with Crippen LogP contribution in [-0.2, 0) is 35.2 Å². The van der Waals surface area contributed by atoms with Gasteiger partial charge in [-0.1, -0.05) is 60.7 Å². The summed E-state index contributed by atoms with van der Waals surface area (Å²) in [7, 11) is 0. The van der Waals surface area contributed by atoms with E-state index >= 15 is 0 Å². The fourth-order valence-electron chi connectivity index (χ4n) is 6.08. The standard InChI is InChI=1S/C37H37N5O7S.BrH/c1-37(2,3)49-36(47)39-29-33(45)42-30(35(46)48-31(23-11-6-4-7-12-23)24-13-8-5-9-14-24)26(22-50-34(29)42)19-25-16-18-41(32(25)44)27-15-10-17-40(20-27)21-28(38)43;/h4-15,17,19-20,29,31,34H,16,18,21-22H2,1-3H3,(H2-,38,39,43,47);1H/b25-19+;/t29-,34-;/m1./s1. The van der Waals surface area contributed by atoms with Crippen LogP contribution in [0.1, 0.15) is 44.4 Å². The number of allylic oxidation sites excluding steroid dienone is 1. The van der Waals surface area contributed by atoms with Gasteiger partial charge in [-0.15, -0.1) is 11.8 Å². The van der Waals surface area contributed by atoms with Crippen LogP contribution in [0.4, 0.5) is 10.5 Å². The van der Waals surface area contributed by atoms with E-state index in [1.54, 1.807) is 60.8 Å². The molecule has 2 aromatic carbocycles. The van der Waals surface area contributed by atoms with Crippen LogP contribution in [0.2, 0.25) is 0 Å². The molecule has 14 heteroatoms. The average Bonchev–Trinajstić information content (AvgIpc) is 3.44. The molecule has 0 spiro atoms. The molecule has 2 atom stereocenters. The number of carbonyl (C=O) groups is 5. The molecule has 51 heavy (non-hydrogen) atoms. The number of halogens is 1. The Balaban J connectivity index is 0.00000504. The second kappa shape index (κ2) is 15.5. The van der Waals surface area contributed by atoms with Gasteiger partial charge in [-0.2, -0.15) is 4.57 Å². The van der Waals surface area contributed by atoms with Crippen molar-refractivity contribution in [3.8, 4) is 0 Å². The summed E-state index contributed by atoms with van der Waals surface area (Å²) >= 11 is 1.37. The van der Waals surface area contributed by atoms with Crippen LogP contribution in [0.25, 0.3) is 0 Å². The number of esters is 1. The summed E-state index contributed by atoms with van der Waals surface area (Å²) in [6.45, 7) is 5.53. The largest absolute Gasteiger partial charge is 1.00 e. The topological polar surface area (TPSA) is 152 Å². The Morgan fingerprint density at radius 3 is 2.27 bits per heavy atom. The number of fused-ring (bicyclic) bond motifs is 1. The summed E-state index contributed by atoms with van der Waals surface area (Å²) in [5.41, 5.74) is 7.61. The van der Waals surface area contributed by atoms with Crippen LogP contribution < -0.4 is 37.5 Å². The highest BCUT2D eigenvalue weighted by atomic mass is 79.9. The molecule has 3 N–H and O–H groups in total. The number of hydrogen-bond acceptors (Lipinski definition) is 8. The van der Waals surface area contributed by atoms with Gasteiger partial charge in [-0.05, 0) is 56.0 Å². The lowest BCUT2D eigenvalue weighted by atomic mass is 10.00. The van der Waals surface area contributed by atoms with Crippen LogP contribution in [0.3, 0.4) is 0 Å². The molecular formula is C37H38BrN5O7S. The number of anilines is 1. The highest BCUT2D eigenvalue weighted by Gasteiger charge is 2.55. The summed E-state index contributed by atoms with van der Waals surface area (Å²) in [4.78, 5) is 68.8. The van der Waals surface area contributed by atoms with Gasteiger partial charge in [0.15, 0.2) is 18.5 Å². The van der Waals surface area contributed by atoms with Gasteiger partial charge in [0, 0.05) is 23.9 Å². The first-order valence-corrected chi connectivity index (χ1v) is 17.2. The average molecular weight is 777 g/mol. The van der Waals surface area contributed by atoms with Crippen molar-refractivity contribution in [2.75, 3.05) is 17.2 Å². The summed E-state index contributed by atoms with van der Waals surface area (Å²) < 4.78 is 13.2. The predicted octanol–water partition coefficient (Wildman–Crippen LogP) is 0.522. The number of nitrogens with zero attached hydrogens (tertiary/aromatic N) is 3. The second-order valence-electron chi connectivity index (χ2n) is 13.1. The number of rotatable bonds is 9. The lowest BCUT2D eigenvalue weighted by Crippen LogP contribution is -3.00. The number of primary amides is 1. The van der Waals surface area contributed by atoms with Crippen molar-refractivity contribution >= 4 is 47.2 Å². The number of benzene rings is 2. The maximum absolute atomic E-state index is 14.3. The zero-order valence-corrected chi connectivity index (χ0v) is 30.7. The van der Waals surface area contributed by atoms with Crippen LogP contribution in [-0.4, -0.2) is 64.0 Å². The van der Waals surface area contributed by atoms with E-state index in [2.05, 4.69) is 5.32 Å². The zero-order chi connectivity index (χ0) is 35.6. The minimum Gasteiger partial charge on any atom is -1.00 e. The number of nitrogens with one attached hydrogen (secondary N) is 1. The Labute approximate surface area is 310 Å². The normalized spacial score (nSPS) is 19.3. The third-order valence-corrected chi connectivity index (χ3v) is 9.56. The number of ether oxygens (including phenoxy) is 2. The van der Waals surface area contributed by atoms with Crippen LogP contribution in [0, 0.1) is 0 Å². The molecule has 4 amide bonds. The number of amides is 4. The highest BCUT2D eigenvalue weighted by Crippen LogP contribution is 2.43. The Bertz CT molecular complexity index is 1860. The summed E-state index contributed by atoms with van der Waals surface area (Å²) in [6.07, 6.45) is 3.91. The zero-order valence-electron chi connectivity index (χ0n) is 28.3. The molecule has 0 aliphatic carbocycles. The van der Waals surface area contributed by atoms with Crippen molar-refractivity contribution < 1.29 is 55.0 Å². The quantitative estimate of drug-likeness (QED) is 0.138. The van der Waals surface area contributed by atoms with Gasteiger partial charge in [-0.25, -0.2) is 9.59 Å². The first-order chi connectivity index (χ1) is 23.9. The smallest absolute Gasteiger partial charge is 0.408 e. The number of pyridine rings is 1. The van der Waals surface area contributed by atoms with Gasteiger partial charge in [0.1, 0.15) is 28.4 Å². The molecule has 0 radical (unpaired) electrons. The molecule has 0 bridgehead atoms. The maximum atomic E-state index is 14.3. The van der Waals surface area contributed by atoms with Crippen molar-refractivity contribution in [3.05, 3.63) is 119 Å². The van der Waals surface area contributed by atoms with E-state index in [-0.39, 0.29) is 40.9 Å². The monoisotopic (exact) mass is 775 g/mol. The van der Waals surface area contributed by atoms with Gasteiger partial charge in [0.05, 0.1) is 0 Å². The first-order valence-electron chi connectivity index (χ1n) is 16.2. The van der Waals surface area contributed by atoms with Crippen LogP contribution >= 0.6 is 11.8 Å². The lowest BCUT2D eigenvalue weighted by Gasteiger charge is -2.49. The summed E-state index contributed by atoms with van der Waals surface area (Å²) in [6, 6.07) is 21.2. The highest BCUT2D eigenvalue weighted by molar-refractivity contribution is 8.00. The fourth-order valence-corrected chi connectivity index (χ4v) is 7.38. The predicted molar refractivity (Wildman–Crippen MR) is 185 cm³/mol. The maximum Gasteiger partial charge on any atom is 0.408 e. The molecule has 3 aromatic rings. The SMILES string of the molecule is CC(C)(C)OC(=O)N[C@@H]1C(=O)N2C(C(=O)OC(c3ccccc3)c3ccccc3)=C(/C=C3\CCN(c4ccc[n+](CC(N)=O)c4)C3=O)CS[C@H]12.[Br-]. The van der Waals surface area contributed by atoms with Crippen molar-refractivity contribution in [1.82, 2.24) is 10.2 Å². The molecule has 2 fully saturated rings. The minimum atomic E-state index is -0.917. The lowest BCUT2D eigenvalue weighted by molar-refractivity contribution is -0.683. The fraction of sp³-hybridized carbons (Fsp3) is 0.297. The van der Waals surface area contributed by atoms with Gasteiger partial charge < -0.3 is 42.4 Å².